The van der Waals surface area contributed by atoms with Crippen LogP contribution in [0, 0.1) is 19.8 Å². The Morgan fingerprint density at radius 3 is 2.27 bits per heavy atom. The molecule has 0 saturated carbocycles. The Balaban J connectivity index is 1.62. The van der Waals surface area contributed by atoms with Gasteiger partial charge in [-0.25, -0.2) is 9.97 Å². The number of nitrogens with zero attached hydrogens (tertiary/aromatic N) is 3. The lowest BCUT2D eigenvalue weighted by Crippen LogP contribution is -2.58. The molecule has 2 bridgehead atoms. The van der Waals surface area contributed by atoms with Crippen molar-refractivity contribution in [2.24, 2.45) is 5.92 Å². The average Bonchev–Trinajstić information content (AvgIpc) is 3.11. The van der Waals surface area contributed by atoms with Crippen LogP contribution in [0.5, 0.6) is 5.75 Å². The normalized spacial score (nSPS) is 20.3. The first-order chi connectivity index (χ1) is 24.4. The summed E-state index contributed by atoms with van der Waals surface area (Å²) >= 11 is 0. The van der Waals surface area contributed by atoms with Crippen LogP contribution in [0.3, 0.4) is 0 Å². The molecule has 51 heavy (non-hydrogen) atoms. The zero-order valence-electron chi connectivity index (χ0n) is 30.2. The minimum absolute atomic E-state index is 0.141. The summed E-state index contributed by atoms with van der Waals surface area (Å²) < 4.78 is 5.25. The summed E-state index contributed by atoms with van der Waals surface area (Å²) in [5.41, 5.74) is 2.89. The van der Waals surface area contributed by atoms with E-state index >= 15 is 0 Å². The SMILES string of the molecule is CC[C@H](C)C1NC(=O)c2ccc(cc2)CN(C(=O)c2cc(C)nc(C)n2)CCCCNC(=O)[C@@H](C)NC(=O)[C@H](Cc2ccc(OC)cc2)NC1=O. The summed E-state index contributed by atoms with van der Waals surface area (Å²) in [6.45, 7) is 9.88. The number of carbonyl (C=O) groups excluding carboxylic acids is 5. The summed E-state index contributed by atoms with van der Waals surface area (Å²) in [6, 6.07) is 12.8. The molecule has 0 spiro atoms. The second kappa shape index (κ2) is 18.1. The number of benzene rings is 2. The molecule has 2 aromatic carbocycles. The molecule has 272 valence electrons. The van der Waals surface area contributed by atoms with Crippen LogP contribution in [-0.2, 0) is 27.3 Å². The zero-order chi connectivity index (χ0) is 37.1. The molecule has 0 saturated heterocycles. The van der Waals surface area contributed by atoms with E-state index in [1.165, 1.54) is 0 Å². The van der Waals surface area contributed by atoms with Crippen LogP contribution < -0.4 is 26.0 Å². The van der Waals surface area contributed by atoms with Crippen molar-refractivity contribution < 1.29 is 28.7 Å². The first-order valence-corrected chi connectivity index (χ1v) is 17.4. The third-order valence-corrected chi connectivity index (χ3v) is 8.98. The highest BCUT2D eigenvalue weighted by Crippen LogP contribution is 2.16. The van der Waals surface area contributed by atoms with Crippen LogP contribution in [0.1, 0.15) is 83.5 Å². The fourth-order valence-corrected chi connectivity index (χ4v) is 5.79. The third-order valence-electron chi connectivity index (χ3n) is 8.98. The van der Waals surface area contributed by atoms with Crippen LogP contribution in [-0.4, -0.2) is 82.7 Å². The van der Waals surface area contributed by atoms with Crippen molar-refractivity contribution in [3.05, 3.63) is 88.5 Å². The Labute approximate surface area is 299 Å². The molecule has 0 radical (unpaired) electrons. The standard InChI is InChI=1S/C38H49N7O6/c1-7-23(2)33-37(49)43-31(21-27-12-16-30(51-6)17-13-27)36(48)41-25(4)34(46)39-18-8-9-19-45(38(50)32-20-24(3)40-26(5)42-32)22-28-10-14-29(15-11-28)35(47)44-33/h10-17,20,23,25,31,33H,7-9,18-19,21-22H2,1-6H3,(H,39,46)(H,41,48)(H,43,49)(H,44,47)/t23-,25+,31-,33?/m0/s1. The first kappa shape index (κ1) is 38.5. The summed E-state index contributed by atoms with van der Waals surface area (Å²) in [6.07, 6.45) is 1.88. The monoisotopic (exact) mass is 699 g/mol. The summed E-state index contributed by atoms with van der Waals surface area (Å²) in [4.78, 5) is 78.0. The minimum atomic E-state index is -1.04. The largest absolute Gasteiger partial charge is 0.497 e. The van der Waals surface area contributed by atoms with Crippen LogP contribution in [0.25, 0.3) is 0 Å². The Morgan fingerprint density at radius 2 is 1.63 bits per heavy atom. The molecule has 13 nitrogen and oxygen atoms in total. The number of hydrogen-bond acceptors (Lipinski definition) is 8. The van der Waals surface area contributed by atoms with Crippen LogP contribution in [0.15, 0.2) is 54.6 Å². The average molecular weight is 700 g/mol. The highest BCUT2D eigenvalue weighted by Gasteiger charge is 2.31. The summed E-state index contributed by atoms with van der Waals surface area (Å²) in [5, 5.41) is 11.3. The lowest BCUT2D eigenvalue weighted by atomic mass is 9.96. The van der Waals surface area contributed by atoms with E-state index in [2.05, 4.69) is 31.2 Å². The number of methoxy groups -OCH3 is 1. The van der Waals surface area contributed by atoms with E-state index in [1.54, 1.807) is 80.5 Å². The number of carbonyl (C=O) groups is 5. The number of aryl methyl sites for hydroxylation is 2. The van der Waals surface area contributed by atoms with E-state index in [0.717, 1.165) is 11.1 Å². The van der Waals surface area contributed by atoms with Crippen molar-refractivity contribution >= 4 is 29.5 Å². The smallest absolute Gasteiger partial charge is 0.272 e. The molecule has 5 rings (SSSR count). The molecule has 1 aromatic heterocycles. The van der Waals surface area contributed by atoms with Crippen LogP contribution in [0.4, 0.5) is 0 Å². The fourth-order valence-electron chi connectivity index (χ4n) is 5.79. The number of aromatic nitrogens is 2. The molecule has 0 aliphatic carbocycles. The number of amides is 5. The van der Waals surface area contributed by atoms with Crippen molar-refractivity contribution in [3.8, 4) is 5.75 Å². The topological polar surface area (TPSA) is 172 Å². The maximum atomic E-state index is 13.8. The molecule has 2 aliphatic heterocycles. The van der Waals surface area contributed by atoms with Crippen molar-refractivity contribution in [2.75, 3.05) is 20.2 Å². The van der Waals surface area contributed by atoms with E-state index in [1.807, 2.05) is 20.8 Å². The van der Waals surface area contributed by atoms with Gasteiger partial charge in [-0.05, 0) is 81.0 Å². The van der Waals surface area contributed by atoms with Gasteiger partial charge in [0, 0.05) is 37.3 Å². The zero-order valence-corrected chi connectivity index (χ0v) is 30.2. The molecule has 4 atom stereocenters. The van der Waals surface area contributed by atoms with Gasteiger partial charge in [-0.3, -0.25) is 24.0 Å². The predicted molar refractivity (Wildman–Crippen MR) is 192 cm³/mol. The van der Waals surface area contributed by atoms with Gasteiger partial charge in [0.15, 0.2) is 0 Å². The van der Waals surface area contributed by atoms with Gasteiger partial charge in [-0.1, -0.05) is 44.5 Å². The van der Waals surface area contributed by atoms with Crippen molar-refractivity contribution in [2.45, 2.75) is 85.0 Å². The Morgan fingerprint density at radius 1 is 0.922 bits per heavy atom. The molecular formula is C38H49N7O6. The first-order valence-electron chi connectivity index (χ1n) is 17.4. The predicted octanol–water partition coefficient (Wildman–Crippen LogP) is 3.03. The Kier molecular flexibility index (Phi) is 13.6. The highest BCUT2D eigenvalue weighted by molar-refractivity contribution is 5.99. The van der Waals surface area contributed by atoms with Gasteiger partial charge in [0.25, 0.3) is 11.8 Å². The van der Waals surface area contributed by atoms with Gasteiger partial charge in [0.2, 0.25) is 17.7 Å². The quantitative estimate of drug-likeness (QED) is 0.285. The molecule has 2 aliphatic rings. The van der Waals surface area contributed by atoms with Gasteiger partial charge in [-0.15, -0.1) is 0 Å². The second-order valence-electron chi connectivity index (χ2n) is 13.0. The van der Waals surface area contributed by atoms with Gasteiger partial charge in [-0.2, -0.15) is 0 Å². The molecular weight excluding hydrogens is 650 g/mol. The fraction of sp³-hybridized carbons (Fsp3) is 0.447. The molecule has 5 amide bonds. The number of hydrogen-bond donors (Lipinski definition) is 4. The van der Waals surface area contributed by atoms with E-state index in [4.69, 9.17) is 4.74 Å². The molecule has 3 aromatic rings. The highest BCUT2D eigenvalue weighted by atomic mass is 16.5. The van der Waals surface area contributed by atoms with Crippen LogP contribution in [0.2, 0.25) is 0 Å². The Bertz CT molecular complexity index is 1680. The molecule has 3 heterocycles. The molecule has 1 unspecified atom stereocenters. The van der Waals surface area contributed by atoms with E-state index < -0.39 is 35.8 Å². The lowest BCUT2D eigenvalue weighted by Gasteiger charge is -2.27. The molecule has 13 heteroatoms. The van der Waals surface area contributed by atoms with E-state index in [0.29, 0.717) is 60.9 Å². The van der Waals surface area contributed by atoms with E-state index in [9.17, 15) is 24.0 Å². The van der Waals surface area contributed by atoms with Crippen LogP contribution >= 0.6 is 0 Å². The van der Waals surface area contributed by atoms with Crippen molar-refractivity contribution in [3.63, 3.8) is 0 Å². The number of nitrogens with one attached hydrogen (secondary N) is 4. The summed E-state index contributed by atoms with van der Waals surface area (Å²) in [5.74, 6) is -1.27. The second-order valence-corrected chi connectivity index (χ2v) is 13.0. The van der Waals surface area contributed by atoms with Crippen molar-refractivity contribution in [1.82, 2.24) is 36.1 Å². The van der Waals surface area contributed by atoms with Gasteiger partial charge < -0.3 is 30.9 Å². The maximum Gasteiger partial charge on any atom is 0.272 e. The number of fused-ring (bicyclic) bond motifs is 18. The number of ether oxygens (including phenoxy) is 1. The summed E-state index contributed by atoms with van der Waals surface area (Å²) in [7, 11) is 1.56. The molecule has 4 N–H and O–H groups in total. The minimum Gasteiger partial charge on any atom is -0.497 e. The lowest BCUT2D eigenvalue weighted by molar-refractivity contribution is -0.132. The van der Waals surface area contributed by atoms with Gasteiger partial charge in [0.05, 0.1) is 7.11 Å². The molecule has 0 fully saturated rings. The Hall–Kier alpha value is -5.33. The van der Waals surface area contributed by atoms with Gasteiger partial charge in [0.1, 0.15) is 35.4 Å². The van der Waals surface area contributed by atoms with E-state index in [-0.39, 0.29) is 30.7 Å². The third kappa shape index (κ3) is 10.8. The van der Waals surface area contributed by atoms with Gasteiger partial charge >= 0.3 is 0 Å². The maximum absolute atomic E-state index is 13.8. The number of rotatable bonds is 6. The van der Waals surface area contributed by atoms with Crippen molar-refractivity contribution in [1.29, 1.82) is 0 Å².